The lowest BCUT2D eigenvalue weighted by molar-refractivity contribution is 0.00167. The normalized spacial score (nSPS) is 19.3. The van der Waals surface area contributed by atoms with Gasteiger partial charge < -0.3 is 20.4 Å². The van der Waals surface area contributed by atoms with Crippen LogP contribution in [-0.2, 0) is 14.8 Å². The van der Waals surface area contributed by atoms with E-state index in [9.17, 15) is 13.2 Å². The topological polar surface area (TPSA) is 104 Å². The minimum absolute atomic E-state index is 0.240. The van der Waals surface area contributed by atoms with Crippen LogP contribution in [0.25, 0.3) is 10.9 Å². The van der Waals surface area contributed by atoms with Crippen molar-refractivity contribution in [2.24, 2.45) is 0 Å². The molecule has 2 amide bonds. The number of carbonyl (C=O) groups excluding carboxylic acids is 1. The van der Waals surface area contributed by atoms with Crippen molar-refractivity contribution in [3.05, 3.63) is 30.5 Å². The number of rotatable bonds is 4. The first-order valence-electron chi connectivity index (χ1n) is 7.60. The van der Waals surface area contributed by atoms with Crippen molar-refractivity contribution in [1.29, 1.82) is 0 Å². The first-order chi connectivity index (χ1) is 11.4. The molecule has 1 aromatic carbocycles. The number of aromatic nitrogens is 1. The van der Waals surface area contributed by atoms with Gasteiger partial charge in [-0.1, -0.05) is 0 Å². The lowest BCUT2D eigenvalue weighted by Crippen LogP contribution is -2.49. The molecule has 9 heteroatoms. The number of sulfonamides is 1. The zero-order chi connectivity index (χ0) is 17.2. The molecule has 24 heavy (non-hydrogen) atoms. The van der Waals surface area contributed by atoms with Crippen LogP contribution in [0.5, 0.6) is 0 Å². The van der Waals surface area contributed by atoms with E-state index in [1.165, 1.54) is 10.6 Å². The molecule has 1 atom stereocenters. The van der Waals surface area contributed by atoms with Crippen LogP contribution in [-0.4, -0.2) is 62.3 Å². The van der Waals surface area contributed by atoms with Gasteiger partial charge in [-0.3, -0.25) is 0 Å². The number of hydrogen-bond acceptors (Lipinski definition) is 4. The average molecular weight is 352 g/mol. The maximum Gasteiger partial charge on any atom is 0.319 e. The molecule has 1 aromatic heterocycles. The number of aromatic amines is 1. The summed E-state index contributed by atoms with van der Waals surface area (Å²) in [6, 6.07) is 7.13. The number of anilines is 1. The smallest absolute Gasteiger partial charge is 0.319 e. The quantitative estimate of drug-likeness (QED) is 0.762. The summed E-state index contributed by atoms with van der Waals surface area (Å²) in [6.07, 6.45) is 2.65. The molecule has 2 aromatic rings. The summed E-state index contributed by atoms with van der Waals surface area (Å²) < 4.78 is 30.0. The Hall–Kier alpha value is -2.10. The van der Waals surface area contributed by atoms with Crippen LogP contribution in [0.1, 0.15) is 0 Å². The number of amides is 2. The van der Waals surface area contributed by atoms with Crippen molar-refractivity contribution in [3.63, 3.8) is 0 Å². The van der Waals surface area contributed by atoms with Crippen LogP contribution >= 0.6 is 0 Å². The number of morpholine rings is 1. The van der Waals surface area contributed by atoms with E-state index in [1.54, 1.807) is 6.07 Å². The van der Waals surface area contributed by atoms with Crippen LogP contribution < -0.4 is 10.6 Å². The van der Waals surface area contributed by atoms with Crippen molar-refractivity contribution in [2.45, 2.75) is 6.10 Å². The van der Waals surface area contributed by atoms with Gasteiger partial charge in [0.2, 0.25) is 10.0 Å². The number of hydrogen-bond donors (Lipinski definition) is 3. The second-order valence-electron chi connectivity index (χ2n) is 5.73. The summed E-state index contributed by atoms with van der Waals surface area (Å²) >= 11 is 0. The fourth-order valence-electron chi connectivity index (χ4n) is 2.63. The SMILES string of the molecule is CS(=O)(=O)N1CCO[C@H](CNC(=O)Nc2ccc3[nH]ccc3c2)C1. The van der Waals surface area contributed by atoms with E-state index in [1.807, 2.05) is 24.4 Å². The van der Waals surface area contributed by atoms with Crippen LogP contribution in [0.4, 0.5) is 10.5 Å². The largest absolute Gasteiger partial charge is 0.374 e. The van der Waals surface area contributed by atoms with Crippen molar-refractivity contribution >= 4 is 32.6 Å². The molecule has 3 rings (SSSR count). The van der Waals surface area contributed by atoms with Gasteiger partial charge in [0.15, 0.2) is 0 Å². The Labute approximate surface area is 140 Å². The first-order valence-corrected chi connectivity index (χ1v) is 9.45. The van der Waals surface area contributed by atoms with Crippen LogP contribution in [0, 0.1) is 0 Å². The summed E-state index contributed by atoms with van der Waals surface area (Å²) in [6.45, 7) is 1.15. The van der Waals surface area contributed by atoms with E-state index in [2.05, 4.69) is 15.6 Å². The maximum atomic E-state index is 12.0. The molecule has 0 unspecified atom stereocenters. The highest BCUT2D eigenvalue weighted by Crippen LogP contribution is 2.17. The molecule has 0 aliphatic carbocycles. The number of fused-ring (bicyclic) bond motifs is 1. The molecule has 0 bridgehead atoms. The molecular formula is C15H20N4O4S. The summed E-state index contributed by atoms with van der Waals surface area (Å²) in [5.74, 6) is 0. The first kappa shape index (κ1) is 16.7. The van der Waals surface area contributed by atoms with Gasteiger partial charge in [-0.2, -0.15) is 4.31 Å². The number of carbonyl (C=O) groups is 1. The second kappa shape index (κ2) is 6.80. The van der Waals surface area contributed by atoms with Gasteiger partial charge in [-0.05, 0) is 24.3 Å². The Balaban J connectivity index is 1.51. The van der Waals surface area contributed by atoms with E-state index in [-0.39, 0.29) is 25.2 Å². The number of nitrogens with one attached hydrogen (secondary N) is 3. The van der Waals surface area contributed by atoms with Crippen LogP contribution in [0.2, 0.25) is 0 Å². The predicted molar refractivity (Wildman–Crippen MR) is 91.5 cm³/mol. The zero-order valence-corrected chi connectivity index (χ0v) is 14.1. The molecule has 3 N–H and O–H groups in total. The Morgan fingerprint density at radius 1 is 1.42 bits per heavy atom. The van der Waals surface area contributed by atoms with E-state index in [0.29, 0.717) is 18.8 Å². The molecule has 8 nitrogen and oxygen atoms in total. The second-order valence-corrected chi connectivity index (χ2v) is 7.71. The molecule has 1 aliphatic rings. The van der Waals surface area contributed by atoms with Gasteiger partial charge in [0.1, 0.15) is 0 Å². The van der Waals surface area contributed by atoms with E-state index in [0.717, 1.165) is 10.9 Å². The molecule has 1 fully saturated rings. The predicted octanol–water partition coefficient (Wildman–Crippen LogP) is 0.950. The van der Waals surface area contributed by atoms with E-state index in [4.69, 9.17) is 4.74 Å². The van der Waals surface area contributed by atoms with Gasteiger partial charge >= 0.3 is 6.03 Å². The third-order valence-corrected chi connectivity index (χ3v) is 5.14. The molecule has 1 aliphatic heterocycles. The number of ether oxygens (including phenoxy) is 1. The number of urea groups is 1. The van der Waals surface area contributed by atoms with Crippen molar-refractivity contribution in [2.75, 3.05) is 37.8 Å². The molecule has 1 saturated heterocycles. The Morgan fingerprint density at radius 3 is 3.04 bits per heavy atom. The summed E-state index contributed by atoms with van der Waals surface area (Å²) in [5, 5.41) is 6.47. The van der Waals surface area contributed by atoms with Gasteiger partial charge in [0.05, 0.1) is 19.0 Å². The number of nitrogens with zero attached hydrogens (tertiary/aromatic N) is 1. The van der Waals surface area contributed by atoms with Crippen molar-refractivity contribution in [3.8, 4) is 0 Å². The maximum absolute atomic E-state index is 12.0. The summed E-state index contributed by atoms with van der Waals surface area (Å²) in [4.78, 5) is 15.1. The number of benzene rings is 1. The standard InChI is InChI=1S/C15H20N4O4S/c1-24(21,22)19-6-7-23-13(10-19)9-17-15(20)18-12-2-3-14-11(8-12)4-5-16-14/h2-5,8,13,16H,6-7,9-10H2,1H3,(H2,17,18,20)/t13-/m1/s1. The van der Waals surface area contributed by atoms with Gasteiger partial charge in [0.25, 0.3) is 0 Å². The highest BCUT2D eigenvalue weighted by molar-refractivity contribution is 7.88. The lowest BCUT2D eigenvalue weighted by atomic mass is 10.2. The third kappa shape index (κ3) is 4.05. The molecular weight excluding hydrogens is 332 g/mol. The summed E-state index contributed by atoms with van der Waals surface area (Å²) in [5.41, 5.74) is 1.68. The minimum atomic E-state index is -3.24. The van der Waals surface area contributed by atoms with Gasteiger partial charge in [-0.15, -0.1) is 0 Å². The third-order valence-electron chi connectivity index (χ3n) is 3.87. The molecule has 2 heterocycles. The fourth-order valence-corrected chi connectivity index (χ4v) is 3.47. The average Bonchev–Trinajstić information content (AvgIpc) is 3.00. The van der Waals surface area contributed by atoms with Gasteiger partial charge in [-0.25, -0.2) is 13.2 Å². The molecule has 0 spiro atoms. The molecule has 0 saturated carbocycles. The van der Waals surface area contributed by atoms with Gasteiger partial charge in [0, 0.05) is 42.4 Å². The van der Waals surface area contributed by atoms with E-state index < -0.39 is 10.0 Å². The highest BCUT2D eigenvalue weighted by atomic mass is 32.2. The Bertz CT molecular complexity index is 833. The van der Waals surface area contributed by atoms with Crippen molar-refractivity contribution in [1.82, 2.24) is 14.6 Å². The lowest BCUT2D eigenvalue weighted by Gasteiger charge is -2.31. The highest BCUT2D eigenvalue weighted by Gasteiger charge is 2.26. The molecule has 130 valence electrons. The fraction of sp³-hybridized carbons (Fsp3) is 0.400. The zero-order valence-electron chi connectivity index (χ0n) is 13.3. The number of H-pyrrole nitrogens is 1. The van der Waals surface area contributed by atoms with Crippen LogP contribution in [0.15, 0.2) is 30.5 Å². The monoisotopic (exact) mass is 352 g/mol. The molecule has 0 radical (unpaired) electrons. The van der Waals surface area contributed by atoms with E-state index >= 15 is 0 Å². The van der Waals surface area contributed by atoms with Crippen LogP contribution in [0.3, 0.4) is 0 Å². The van der Waals surface area contributed by atoms with Crippen molar-refractivity contribution < 1.29 is 17.9 Å². The Morgan fingerprint density at radius 2 is 2.25 bits per heavy atom. The summed E-state index contributed by atoms with van der Waals surface area (Å²) in [7, 11) is -3.24. The Kier molecular flexibility index (Phi) is 4.74. The minimum Gasteiger partial charge on any atom is -0.374 e.